The second-order valence-electron chi connectivity index (χ2n) is 7.79. The van der Waals surface area contributed by atoms with Crippen molar-refractivity contribution in [2.45, 2.75) is 40.3 Å². The van der Waals surface area contributed by atoms with Gasteiger partial charge in [0.05, 0.1) is 35.1 Å². The van der Waals surface area contributed by atoms with Crippen LogP contribution in [0.25, 0.3) is 22.3 Å². The summed E-state index contributed by atoms with van der Waals surface area (Å²) in [6, 6.07) is 16.7. The fraction of sp³-hybridized carbons (Fsp3) is 0.231. The zero-order chi connectivity index (χ0) is 24.9. The monoisotopic (exact) mass is 468 g/mol. The van der Waals surface area contributed by atoms with Crippen molar-refractivity contribution in [1.82, 2.24) is 34.5 Å². The summed E-state index contributed by atoms with van der Waals surface area (Å²) < 4.78 is 3.21. The van der Waals surface area contributed by atoms with E-state index in [0.717, 1.165) is 22.5 Å². The topological polar surface area (TPSA) is 117 Å². The summed E-state index contributed by atoms with van der Waals surface area (Å²) in [6.45, 7) is 8.12. The van der Waals surface area contributed by atoms with Crippen LogP contribution in [0.3, 0.4) is 0 Å². The molecule has 1 atom stereocenters. The minimum absolute atomic E-state index is 0.218. The van der Waals surface area contributed by atoms with Gasteiger partial charge < -0.3 is 5.73 Å². The van der Waals surface area contributed by atoms with Crippen LogP contribution in [-0.4, -0.2) is 34.5 Å². The van der Waals surface area contributed by atoms with Gasteiger partial charge in [-0.1, -0.05) is 50.2 Å². The Hall–Kier alpha value is -4.40. The van der Waals surface area contributed by atoms with E-state index in [4.69, 9.17) is 10.8 Å². The van der Waals surface area contributed by atoms with Crippen LogP contribution >= 0.6 is 0 Å². The van der Waals surface area contributed by atoms with Crippen molar-refractivity contribution in [2.75, 3.05) is 5.73 Å². The lowest BCUT2D eigenvalue weighted by atomic mass is 10.0. The molecule has 9 nitrogen and oxygen atoms in total. The Bertz CT molecular complexity index is 1490. The van der Waals surface area contributed by atoms with Gasteiger partial charge in [0.25, 0.3) is 5.56 Å². The highest BCUT2D eigenvalue weighted by molar-refractivity contribution is 5.88. The molecule has 1 aromatic carbocycles. The van der Waals surface area contributed by atoms with Crippen molar-refractivity contribution in [3.8, 4) is 11.3 Å². The largest absolute Gasteiger partial charge is 0.383 e. The van der Waals surface area contributed by atoms with E-state index in [1.165, 1.54) is 11.0 Å². The third kappa shape index (κ3) is 4.65. The van der Waals surface area contributed by atoms with Gasteiger partial charge >= 0.3 is 0 Å². The van der Waals surface area contributed by atoms with E-state index >= 15 is 0 Å². The first-order valence-corrected chi connectivity index (χ1v) is 11.6. The Morgan fingerprint density at radius 2 is 1.71 bits per heavy atom. The summed E-state index contributed by atoms with van der Waals surface area (Å²) in [4.78, 5) is 25.9. The lowest BCUT2D eigenvalue weighted by Gasteiger charge is -2.18. The molecule has 0 spiro atoms. The van der Waals surface area contributed by atoms with E-state index in [-0.39, 0.29) is 18.1 Å². The molecule has 0 aliphatic rings. The summed E-state index contributed by atoms with van der Waals surface area (Å²) in [5, 5.41) is 10.1. The normalized spacial score (nSPS) is 11.7. The number of hydrogen-bond acceptors (Lipinski definition) is 7. The average Bonchev–Trinajstić information content (AvgIpc) is 3.24. The molecule has 5 aromatic rings. The lowest BCUT2D eigenvalue weighted by Crippen LogP contribution is -2.26. The van der Waals surface area contributed by atoms with E-state index in [1.54, 1.807) is 16.9 Å². The molecule has 0 fully saturated rings. The molecule has 0 radical (unpaired) electrons. The van der Waals surface area contributed by atoms with Crippen LogP contribution in [-0.2, 0) is 6.54 Å². The second kappa shape index (κ2) is 10.3. The molecule has 2 N–H and O–H groups in total. The van der Waals surface area contributed by atoms with Gasteiger partial charge in [-0.15, -0.1) is 0 Å². The Morgan fingerprint density at radius 3 is 2.43 bits per heavy atom. The number of anilines is 1. The van der Waals surface area contributed by atoms with Gasteiger partial charge in [-0.3, -0.25) is 9.78 Å². The van der Waals surface area contributed by atoms with Gasteiger partial charge in [0, 0.05) is 23.4 Å². The number of nitrogens with zero attached hydrogens (tertiary/aromatic N) is 7. The van der Waals surface area contributed by atoms with Crippen LogP contribution in [0.1, 0.15) is 43.8 Å². The average molecular weight is 469 g/mol. The van der Waals surface area contributed by atoms with Crippen LogP contribution < -0.4 is 11.3 Å². The van der Waals surface area contributed by atoms with Gasteiger partial charge in [-0.2, -0.15) is 10.2 Å². The van der Waals surface area contributed by atoms with Gasteiger partial charge in [0.2, 0.25) is 0 Å². The molecule has 0 amide bonds. The van der Waals surface area contributed by atoms with E-state index in [9.17, 15) is 4.79 Å². The number of benzene rings is 1. The first kappa shape index (κ1) is 23.7. The maximum atomic E-state index is 13.1. The summed E-state index contributed by atoms with van der Waals surface area (Å²) in [6.07, 6.45) is 3.12. The molecular weight excluding hydrogens is 440 g/mol. The molecule has 5 rings (SSSR count). The van der Waals surface area contributed by atoms with Crippen molar-refractivity contribution in [2.24, 2.45) is 0 Å². The van der Waals surface area contributed by atoms with Gasteiger partial charge in [0.15, 0.2) is 5.65 Å². The molecule has 35 heavy (non-hydrogen) atoms. The number of aromatic nitrogens is 7. The lowest BCUT2D eigenvalue weighted by molar-refractivity contribution is 0.559. The fourth-order valence-electron chi connectivity index (χ4n) is 3.97. The molecular formula is C26H28N8O. The molecule has 0 saturated heterocycles. The minimum Gasteiger partial charge on any atom is -0.383 e. The van der Waals surface area contributed by atoms with E-state index in [2.05, 4.69) is 20.1 Å². The van der Waals surface area contributed by atoms with Crippen LogP contribution in [0.15, 0.2) is 71.9 Å². The van der Waals surface area contributed by atoms with Gasteiger partial charge in [0.1, 0.15) is 12.1 Å². The summed E-state index contributed by atoms with van der Waals surface area (Å²) in [7, 11) is 0. The Labute approximate surface area is 203 Å². The quantitative estimate of drug-likeness (QED) is 0.414. The summed E-state index contributed by atoms with van der Waals surface area (Å²) in [5.41, 5.74) is 10.3. The third-order valence-electron chi connectivity index (χ3n) is 5.62. The van der Waals surface area contributed by atoms with Crippen molar-refractivity contribution < 1.29 is 0 Å². The van der Waals surface area contributed by atoms with Crippen molar-refractivity contribution in [3.05, 3.63) is 94.4 Å². The molecule has 4 heterocycles. The minimum atomic E-state index is -0.324. The number of hydrogen-bond donors (Lipinski definition) is 1. The molecule has 9 heteroatoms. The Kier molecular flexibility index (Phi) is 6.96. The molecule has 0 bridgehead atoms. The van der Waals surface area contributed by atoms with Crippen molar-refractivity contribution in [1.29, 1.82) is 0 Å². The highest BCUT2D eigenvalue weighted by Crippen LogP contribution is 2.30. The number of pyridine rings is 1. The molecule has 4 aromatic heterocycles. The van der Waals surface area contributed by atoms with E-state index < -0.39 is 0 Å². The number of aryl methyl sites for hydroxylation is 1. The molecule has 0 saturated carbocycles. The van der Waals surface area contributed by atoms with Crippen LogP contribution in [0.2, 0.25) is 0 Å². The third-order valence-corrected chi connectivity index (χ3v) is 5.62. The number of fused-ring (bicyclic) bond motifs is 1. The van der Waals surface area contributed by atoms with Crippen molar-refractivity contribution >= 4 is 16.9 Å². The molecule has 1 unspecified atom stereocenters. The van der Waals surface area contributed by atoms with Gasteiger partial charge in [-0.05, 0) is 26.0 Å². The standard InChI is InChI=1S/C24H22N8O.C2H6/c1-15-21-23(25)27-14-28-24(21)32(29-15)16(2)19-12-20(33)31(13-18-10-6-7-11-26-18)30-22(19)17-8-4-3-5-9-17;1-2/h3-12,14,16H,13H2,1-2H3,(H2,25,27,28);1-2H3. The van der Waals surface area contributed by atoms with Crippen LogP contribution in [0, 0.1) is 6.92 Å². The van der Waals surface area contributed by atoms with Crippen LogP contribution in [0.5, 0.6) is 0 Å². The SMILES string of the molecule is CC.Cc1nn(C(C)c2cc(=O)n(Cc3ccccn3)nc2-c2ccccc2)c2ncnc(N)c12. The number of nitrogens with two attached hydrogens (primary N) is 1. The molecule has 0 aliphatic heterocycles. The highest BCUT2D eigenvalue weighted by Gasteiger charge is 2.22. The highest BCUT2D eigenvalue weighted by atomic mass is 16.1. The van der Waals surface area contributed by atoms with E-state index in [0.29, 0.717) is 22.5 Å². The smallest absolute Gasteiger partial charge is 0.267 e. The molecule has 178 valence electrons. The number of nitrogen functional groups attached to an aromatic ring is 1. The summed E-state index contributed by atoms with van der Waals surface area (Å²) >= 11 is 0. The Morgan fingerprint density at radius 1 is 0.971 bits per heavy atom. The molecule has 0 aliphatic carbocycles. The van der Waals surface area contributed by atoms with Gasteiger partial charge in [-0.25, -0.2) is 19.3 Å². The number of rotatable bonds is 5. The maximum absolute atomic E-state index is 13.1. The van der Waals surface area contributed by atoms with Crippen LogP contribution in [0.4, 0.5) is 5.82 Å². The Balaban J connectivity index is 0.00000141. The predicted molar refractivity (Wildman–Crippen MR) is 137 cm³/mol. The first-order valence-electron chi connectivity index (χ1n) is 11.6. The predicted octanol–water partition coefficient (Wildman–Crippen LogP) is 4.02. The fourth-order valence-corrected chi connectivity index (χ4v) is 3.97. The first-order chi connectivity index (χ1) is 17.0. The zero-order valence-corrected chi connectivity index (χ0v) is 20.3. The van der Waals surface area contributed by atoms with E-state index in [1.807, 2.05) is 76.2 Å². The second-order valence-corrected chi connectivity index (χ2v) is 7.79. The zero-order valence-electron chi connectivity index (χ0n) is 20.3. The maximum Gasteiger partial charge on any atom is 0.267 e. The summed E-state index contributed by atoms with van der Waals surface area (Å²) in [5.74, 6) is 0.378. The van der Waals surface area contributed by atoms with Crippen molar-refractivity contribution in [3.63, 3.8) is 0 Å².